The van der Waals surface area contributed by atoms with Gasteiger partial charge in [-0.15, -0.1) is 12.4 Å². The molecule has 120 valence electrons. The predicted octanol–water partition coefficient (Wildman–Crippen LogP) is 2.54. The van der Waals surface area contributed by atoms with Crippen molar-refractivity contribution in [3.63, 3.8) is 0 Å². The Morgan fingerprint density at radius 3 is 2.33 bits per heavy atom. The van der Waals surface area contributed by atoms with E-state index >= 15 is 0 Å². The van der Waals surface area contributed by atoms with Gasteiger partial charge in [-0.2, -0.15) is 0 Å². The van der Waals surface area contributed by atoms with Crippen molar-refractivity contribution in [2.75, 3.05) is 13.2 Å². The number of amides is 1. The second kappa shape index (κ2) is 8.90. The van der Waals surface area contributed by atoms with Crippen molar-refractivity contribution in [2.24, 2.45) is 11.7 Å². The number of benzene rings is 1. The van der Waals surface area contributed by atoms with Crippen LogP contribution in [0.2, 0.25) is 0 Å². The van der Waals surface area contributed by atoms with E-state index in [1.54, 1.807) is 0 Å². The monoisotopic (exact) mass is 314 g/mol. The number of rotatable bonds is 7. The third-order valence-corrected chi connectivity index (χ3v) is 2.61. The van der Waals surface area contributed by atoms with Gasteiger partial charge >= 0.3 is 0 Å². The van der Waals surface area contributed by atoms with Gasteiger partial charge in [0.05, 0.1) is 13.0 Å². The van der Waals surface area contributed by atoms with Crippen molar-refractivity contribution in [3.8, 4) is 5.75 Å². The van der Waals surface area contributed by atoms with Crippen molar-refractivity contribution in [3.05, 3.63) is 29.8 Å². The van der Waals surface area contributed by atoms with Crippen molar-refractivity contribution in [2.45, 2.75) is 39.7 Å². The summed E-state index contributed by atoms with van der Waals surface area (Å²) >= 11 is 0. The van der Waals surface area contributed by atoms with Crippen LogP contribution in [0.1, 0.15) is 33.3 Å². The first kappa shape index (κ1) is 19.7. The molecular formula is C16H27ClN2O2. The van der Waals surface area contributed by atoms with Gasteiger partial charge in [0.1, 0.15) is 5.75 Å². The van der Waals surface area contributed by atoms with Gasteiger partial charge in [0.2, 0.25) is 5.91 Å². The Bertz CT molecular complexity index is 425. The molecule has 0 aliphatic heterocycles. The van der Waals surface area contributed by atoms with Crippen molar-refractivity contribution >= 4 is 18.3 Å². The third-order valence-electron chi connectivity index (χ3n) is 2.61. The van der Waals surface area contributed by atoms with Crippen molar-refractivity contribution in [1.82, 2.24) is 5.32 Å². The van der Waals surface area contributed by atoms with Gasteiger partial charge in [-0.05, 0) is 37.5 Å². The van der Waals surface area contributed by atoms with E-state index in [4.69, 9.17) is 10.5 Å². The molecule has 1 aromatic rings. The fourth-order valence-electron chi connectivity index (χ4n) is 1.54. The standard InChI is InChI=1S/C16H26N2O2.ClH/c1-12(2)10-20-14-7-5-13(6-8-14)9-15(19)18-11-16(3,4)17;/h5-8,12H,9-11,17H2,1-4H3,(H,18,19);1H. The van der Waals surface area contributed by atoms with Gasteiger partial charge in [-0.3, -0.25) is 4.79 Å². The zero-order valence-corrected chi connectivity index (χ0v) is 14.1. The van der Waals surface area contributed by atoms with E-state index in [9.17, 15) is 4.79 Å². The molecule has 0 radical (unpaired) electrons. The Morgan fingerprint density at radius 2 is 1.86 bits per heavy atom. The average Bonchev–Trinajstić information content (AvgIpc) is 2.35. The zero-order chi connectivity index (χ0) is 15.2. The largest absolute Gasteiger partial charge is 0.493 e. The number of carbonyl (C=O) groups is 1. The molecule has 0 saturated carbocycles. The van der Waals surface area contributed by atoms with Crippen molar-refractivity contribution < 1.29 is 9.53 Å². The molecule has 21 heavy (non-hydrogen) atoms. The van der Waals surface area contributed by atoms with Gasteiger partial charge < -0.3 is 15.8 Å². The molecule has 3 N–H and O–H groups in total. The second-order valence-electron chi connectivity index (χ2n) is 6.29. The minimum absolute atomic E-state index is 0. The molecule has 0 unspecified atom stereocenters. The van der Waals surface area contributed by atoms with Crippen LogP contribution in [0.15, 0.2) is 24.3 Å². The molecule has 0 spiro atoms. The molecule has 5 heteroatoms. The molecular weight excluding hydrogens is 288 g/mol. The molecule has 1 rings (SSSR count). The van der Waals surface area contributed by atoms with E-state index in [1.807, 2.05) is 38.1 Å². The molecule has 4 nitrogen and oxygen atoms in total. The van der Waals surface area contributed by atoms with Gasteiger partial charge in [0.15, 0.2) is 0 Å². The predicted molar refractivity (Wildman–Crippen MR) is 89.0 cm³/mol. The van der Waals surface area contributed by atoms with Gasteiger partial charge in [0, 0.05) is 12.1 Å². The summed E-state index contributed by atoms with van der Waals surface area (Å²) in [6.07, 6.45) is 0.362. The third kappa shape index (κ3) is 9.32. The molecule has 0 aliphatic carbocycles. The summed E-state index contributed by atoms with van der Waals surface area (Å²) < 4.78 is 5.60. The highest BCUT2D eigenvalue weighted by molar-refractivity contribution is 5.85. The van der Waals surface area contributed by atoms with E-state index in [0.29, 0.717) is 25.5 Å². The molecule has 1 aromatic carbocycles. The lowest BCUT2D eigenvalue weighted by Crippen LogP contribution is -2.45. The molecule has 0 aliphatic rings. The van der Waals surface area contributed by atoms with E-state index in [2.05, 4.69) is 19.2 Å². The highest BCUT2D eigenvalue weighted by Gasteiger charge is 2.12. The molecule has 1 amide bonds. The van der Waals surface area contributed by atoms with Crippen LogP contribution >= 0.6 is 12.4 Å². The smallest absolute Gasteiger partial charge is 0.224 e. The summed E-state index contributed by atoms with van der Waals surface area (Å²) in [5, 5.41) is 2.83. The fraction of sp³-hybridized carbons (Fsp3) is 0.562. The number of carbonyl (C=O) groups excluding carboxylic acids is 1. The Kier molecular flexibility index (Phi) is 8.37. The maximum Gasteiger partial charge on any atom is 0.224 e. The molecule has 0 saturated heterocycles. The van der Waals surface area contributed by atoms with E-state index in [1.165, 1.54) is 0 Å². The van der Waals surface area contributed by atoms with Gasteiger partial charge in [0.25, 0.3) is 0 Å². The lowest BCUT2D eigenvalue weighted by atomic mass is 10.1. The molecule has 0 atom stereocenters. The Balaban J connectivity index is 0.00000400. The fourth-order valence-corrected chi connectivity index (χ4v) is 1.54. The molecule has 0 aromatic heterocycles. The number of ether oxygens (including phenoxy) is 1. The molecule has 0 bridgehead atoms. The summed E-state index contributed by atoms with van der Waals surface area (Å²) in [7, 11) is 0. The number of halogens is 1. The first-order chi connectivity index (χ1) is 9.26. The van der Waals surface area contributed by atoms with Crippen LogP contribution in [0.4, 0.5) is 0 Å². The van der Waals surface area contributed by atoms with Crippen LogP contribution in [0.3, 0.4) is 0 Å². The number of hydrogen-bond donors (Lipinski definition) is 2. The Labute approximate surface area is 133 Å². The van der Waals surface area contributed by atoms with Crippen LogP contribution in [-0.2, 0) is 11.2 Å². The van der Waals surface area contributed by atoms with E-state index < -0.39 is 0 Å². The second-order valence-corrected chi connectivity index (χ2v) is 6.29. The maximum absolute atomic E-state index is 11.8. The van der Waals surface area contributed by atoms with Crippen LogP contribution in [0.5, 0.6) is 5.75 Å². The topological polar surface area (TPSA) is 64.3 Å². The summed E-state index contributed by atoms with van der Waals surface area (Å²) in [5.74, 6) is 1.32. The Hall–Kier alpha value is -1.26. The van der Waals surface area contributed by atoms with Crippen LogP contribution in [-0.4, -0.2) is 24.6 Å². The summed E-state index contributed by atoms with van der Waals surface area (Å²) in [5.41, 5.74) is 6.41. The lowest BCUT2D eigenvalue weighted by molar-refractivity contribution is -0.120. The van der Waals surface area contributed by atoms with E-state index in [0.717, 1.165) is 11.3 Å². The quantitative estimate of drug-likeness (QED) is 0.813. The maximum atomic E-state index is 11.8. The zero-order valence-electron chi connectivity index (χ0n) is 13.3. The Morgan fingerprint density at radius 1 is 1.29 bits per heavy atom. The first-order valence-corrected chi connectivity index (χ1v) is 7.03. The summed E-state index contributed by atoms with van der Waals surface area (Å²) in [6.45, 7) is 9.16. The minimum atomic E-state index is -0.385. The van der Waals surface area contributed by atoms with Gasteiger partial charge in [-0.1, -0.05) is 26.0 Å². The number of hydrogen-bond acceptors (Lipinski definition) is 3. The van der Waals surface area contributed by atoms with Crippen LogP contribution < -0.4 is 15.8 Å². The minimum Gasteiger partial charge on any atom is -0.493 e. The normalized spacial score (nSPS) is 11.0. The number of nitrogens with one attached hydrogen (secondary N) is 1. The molecule has 0 heterocycles. The number of nitrogens with two attached hydrogens (primary N) is 1. The average molecular weight is 315 g/mol. The van der Waals surface area contributed by atoms with E-state index in [-0.39, 0.29) is 23.9 Å². The lowest BCUT2D eigenvalue weighted by Gasteiger charge is -2.18. The summed E-state index contributed by atoms with van der Waals surface area (Å²) in [4.78, 5) is 11.8. The van der Waals surface area contributed by atoms with Gasteiger partial charge in [-0.25, -0.2) is 0 Å². The summed E-state index contributed by atoms with van der Waals surface area (Å²) in [6, 6.07) is 7.64. The highest BCUT2D eigenvalue weighted by atomic mass is 35.5. The molecule has 0 fully saturated rings. The van der Waals surface area contributed by atoms with Crippen LogP contribution in [0, 0.1) is 5.92 Å². The SMILES string of the molecule is CC(C)COc1ccc(CC(=O)NCC(C)(C)N)cc1.Cl. The highest BCUT2D eigenvalue weighted by Crippen LogP contribution is 2.13. The first-order valence-electron chi connectivity index (χ1n) is 7.03. The van der Waals surface area contributed by atoms with Crippen LogP contribution in [0.25, 0.3) is 0 Å². The van der Waals surface area contributed by atoms with Crippen molar-refractivity contribution in [1.29, 1.82) is 0 Å².